The van der Waals surface area contributed by atoms with Crippen LogP contribution in [0.2, 0.25) is 0 Å². The molecule has 0 saturated carbocycles. The zero-order chi connectivity index (χ0) is 11.1. The molecule has 1 aromatic carbocycles. The fourth-order valence-corrected chi connectivity index (χ4v) is 1.99. The molecule has 0 bridgehead atoms. The van der Waals surface area contributed by atoms with Crippen LogP contribution in [0.25, 0.3) is 16.5 Å². The maximum absolute atomic E-state index is 10.8. The molecule has 0 N–H and O–H groups in total. The molecular formula is C13H9NO2. The Bertz CT molecular complexity index is 647. The van der Waals surface area contributed by atoms with Crippen molar-refractivity contribution < 1.29 is 9.21 Å². The summed E-state index contributed by atoms with van der Waals surface area (Å²) in [6.07, 6.45) is 6.06. The van der Waals surface area contributed by atoms with E-state index in [0.717, 1.165) is 34.0 Å². The first-order valence-corrected chi connectivity index (χ1v) is 5.00. The molecule has 78 valence electrons. The molecule has 1 aromatic heterocycles. The van der Waals surface area contributed by atoms with Gasteiger partial charge < -0.3 is 4.42 Å². The van der Waals surface area contributed by atoms with E-state index in [4.69, 9.17) is 4.42 Å². The first-order valence-electron chi connectivity index (χ1n) is 5.00. The standard InChI is InChI=1S/C13H9NO2/c1-8-4-14-5-10-7-16-12-3-9(6-15)2-11(8)13(10)12/h2-7H,1H3. The Morgan fingerprint density at radius 2 is 2.25 bits per heavy atom. The minimum Gasteiger partial charge on any atom is -0.464 e. The molecule has 0 fully saturated rings. The smallest absolute Gasteiger partial charge is 0.150 e. The molecule has 3 rings (SSSR count). The lowest BCUT2D eigenvalue weighted by atomic mass is 9.99. The second-order valence-corrected chi connectivity index (χ2v) is 3.84. The Kier molecular flexibility index (Phi) is 1.80. The van der Waals surface area contributed by atoms with Crippen LogP contribution in [0.5, 0.6) is 0 Å². The number of allylic oxidation sites excluding steroid dienone is 1. The molecule has 16 heavy (non-hydrogen) atoms. The molecule has 0 amide bonds. The van der Waals surface area contributed by atoms with Crippen LogP contribution >= 0.6 is 0 Å². The minimum absolute atomic E-state index is 0.623. The normalized spacial score (nSPS) is 13.7. The van der Waals surface area contributed by atoms with Crippen LogP contribution < -0.4 is 0 Å². The predicted octanol–water partition coefficient (Wildman–Crippen LogP) is 3.04. The topological polar surface area (TPSA) is 42.6 Å². The third kappa shape index (κ3) is 1.15. The molecule has 0 radical (unpaired) electrons. The number of benzene rings is 1. The van der Waals surface area contributed by atoms with E-state index in [1.165, 1.54) is 0 Å². The average molecular weight is 211 g/mol. The Hall–Kier alpha value is -2.16. The maximum atomic E-state index is 10.8. The maximum Gasteiger partial charge on any atom is 0.150 e. The van der Waals surface area contributed by atoms with E-state index in [-0.39, 0.29) is 0 Å². The van der Waals surface area contributed by atoms with Crippen molar-refractivity contribution in [2.75, 3.05) is 0 Å². The number of nitrogens with zero attached hydrogens (tertiary/aromatic N) is 1. The van der Waals surface area contributed by atoms with Crippen LogP contribution in [0.4, 0.5) is 0 Å². The van der Waals surface area contributed by atoms with Gasteiger partial charge in [-0.25, -0.2) is 0 Å². The number of carbonyl (C=O) groups is 1. The third-order valence-corrected chi connectivity index (χ3v) is 2.77. The summed E-state index contributed by atoms with van der Waals surface area (Å²) in [5.74, 6) is 0. The van der Waals surface area contributed by atoms with E-state index in [1.54, 1.807) is 24.7 Å². The van der Waals surface area contributed by atoms with Crippen LogP contribution in [0.1, 0.15) is 28.4 Å². The molecule has 1 aliphatic heterocycles. The highest BCUT2D eigenvalue weighted by Gasteiger charge is 2.14. The molecule has 2 heterocycles. The van der Waals surface area contributed by atoms with Crippen molar-refractivity contribution in [1.29, 1.82) is 0 Å². The summed E-state index contributed by atoms with van der Waals surface area (Å²) in [5.41, 5.74) is 4.36. The lowest BCUT2D eigenvalue weighted by Gasteiger charge is -2.03. The average Bonchev–Trinajstić information content (AvgIpc) is 2.63. The lowest BCUT2D eigenvalue weighted by Crippen LogP contribution is -1.87. The Morgan fingerprint density at radius 3 is 3.06 bits per heavy atom. The molecule has 1 aliphatic rings. The first-order chi connectivity index (χ1) is 7.79. The number of aldehydes is 1. The van der Waals surface area contributed by atoms with E-state index < -0.39 is 0 Å². The fourth-order valence-electron chi connectivity index (χ4n) is 1.99. The van der Waals surface area contributed by atoms with Gasteiger partial charge in [-0.2, -0.15) is 0 Å². The highest BCUT2D eigenvalue weighted by atomic mass is 16.3. The molecule has 0 atom stereocenters. The molecule has 0 unspecified atom stereocenters. The van der Waals surface area contributed by atoms with Gasteiger partial charge in [-0.05, 0) is 30.2 Å². The van der Waals surface area contributed by atoms with Crippen LogP contribution in [-0.4, -0.2) is 12.5 Å². The van der Waals surface area contributed by atoms with Gasteiger partial charge in [0.25, 0.3) is 0 Å². The van der Waals surface area contributed by atoms with Gasteiger partial charge in [0.05, 0.1) is 0 Å². The predicted molar refractivity (Wildman–Crippen MR) is 62.8 cm³/mol. The monoisotopic (exact) mass is 211 g/mol. The number of furan rings is 1. The van der Waals surface area contributed by atoms with E-state index in [2.05, 4.69) is 4.99 Å². The van der Waals surface area contributed by atoms with Gasteiger partial charge in [0, 0.05) is 28.9 Å². The molecule has 0 saturated heterocycles. The highest BCUT2D eigenvalue weighted by Crippen LogP contribution is 2.31. The SMILES string of the molecule is CC1=CN=Cc2coc3cc(C=O)cc1c23. The summed E-state index contributed by atoms with van der Waals surface area (Å²) in [4.78, 5) is 15.0. The number of carbonyl (C=O) groups excluding carboxylic acids is 1. The van der Waals surface area contributed by atoms with Gasteiger partial charge in [-0.1, -0.05) is 0 Å². The van der Waals surface area contributed by atoms with Crippen molar-refractivity contribution >= 4 is 29.0 Å². The third-order valence-electron chi connectivity index (χ3n) is 2.77. The van der Waals surface area contributed by atoms with E-state index in [1.807, 2.05) is 13.0 Å². The second-order valence-electron chi connectivity index (χ2n) is 3.84. The van der Waals surface area contributed by atoms with Gasteiger partial charge in [0.1, 0.15) is 18.1 Å². The Balaban J connectivity index is 2.49. The second kappa shape index (κ2) is 3.17. The van der Waals surface area contributed by atoms with Crippen LogP contribution in [0, 0.1) is 0 Å². The van der Waals surface area contributed by atoms with Crippen molar-refractivity contribution in [3.05, 3.63) is 41.3 Å². The van der Waals surface area contributed by atoms with Gasteiger partial charge in [0.15, 0.2) is 0 Å². The Morgan fingerprint density at radius 1 is 1.38 bits per heavy atom. The zero-order valence-corrected chi connectivity index (χ0v) is 8.73. The van der Waals surface area contributed by atoms with E-state index in [9.17, 15) is 4.79 Å². The Labute approximate surface area is 92.1 Å². The highest BCUT2D eigenvalue weighted by molar-refractivity contribution is 6.06. The van der Waals surface area contributed by atoms with Gasteiger partial charge in [-0.3, -0.25) is 9.79 Å². The van der Waals surface area contributed by atoms with E-state index in [0.29, 0.717) is 5.56 Å². The van der Waals surface area contributed by atoms with Crippen molar-refractivity contribution in [2.45, 2.75) is 6.92 Å². The van der Waals surface area contributed by atoms with Crippen molar-refractivity contribution in [3.8, 4) is 0 Å². The summed E-state index contributed by atoms with van der Waals surface area (Å²) in [6.45, 7) is 1.97. The van der Waals surface area contributed by atoms with E-state index >= 15 is 0 Å². The summed E-state index contributed by atoms with van der Waals surface area (Å²) < 4.78 is 5.43. The summed E-state index contributed by atoms with van der Waals surface area (Å²) in [7, 11) is 0. The summed E-state index contributed by atoms with van der Waals surface area (Å²) in [5, 5.41) is 1.03. The van der Waals surface area contributed by atoms with Gasteiger partial charge in [0.2, 0.25) is 0 Å². The molecule has 3 heteroatoms. The number of hydrogen-bond donors (Lipinski definition) is 0. The molecule has 2 aromatic rings. The quantitative estimate of drug-likeness (QED) is 0.680. The first kappa shape index (κ1) is 9.09. The zero-order valence-electron chi connectivity index (χ0n) is 8.73. The van der Waals surface area contributed by atoms with Crippen molar-refractivity contribution in [3.63, 3.8) is 0 Å². The number of rotatable bonds is 1. The molecule has 3 nitrogen and oxygen atoms in total. The van der Waals surface area contributed by atoms with Crippen molar-refractivity contribution in [1.82, 2.24) is 0 Å². The van der Waals surface area contributed by atoms with Crippen LogP contribution in [0.3, 0.4) is 0 Å². The number of aliphatic imine (C=N–C) groups is 1. The number of hydrogen-bond acceptors (Lipinski definition) is 3. The molecular weight excluding hydrogens is 202 g/mol. The fraction of sp³-hybridized carbons (Fsp3) is 0.0769. The van der Waals surface area contributed by atoms with Crippen molar-refractivity contribution in [2.24, 2.45) is 4.99 Å². The molecule has 0 spiro atoms. The van der Waals surface area contributed by atoms with Crippen LogP contribution in [-0.2, 0) is 0 Å². The summed E-state index contributed by atoms with van der Waals surface area (Å²) >= 11 is 0. The largest absolute Gasteiger partial charge is 0.464 e. The minimum atomic E-state index is 0.623. The van der Waals surface area contributed by atoms with Crippen LogP contribution in [0.15, 0.2) is 34.0 Å². The lowest BCUT2D eigenvalue weighted by molar-refractivity contribution is 0.112. The van der Waals surface area contributed by atoms with Gasteiger partial charge >= 0.3 is 0 Å². The molecule has 0 aliphatic carbocycles. The van der Waals surface area contributed by atoms with Gasteiger partial charge in [-0.15, -0.1) is 0 Å². The summed E-state index contributed by atoms with van der Waals surface area (Å²) in [6, 6.07) is 3.62.